The predicted molar refractivity (Wildman–Crippen MR) is 60.0 cm³/mol. The van der Waals surface area contributed by atoms with Gasteiger partial charge in [0.25, 0.3) is 0 Å². The van der Waals surface area contributed by atoms with Gasteiger partial charge in [0, 0.05) is 11.6 Å². The van der Waals surface area contributed by atoms with Crippen molar-refractivity contribution in [3.63, 3.8) is 0 Å². The lowest BCUT2D eigenvalue weighted by atomic mass is 10.1. The number of hydrogen-bond acceptors (Lipinski definition) is 2. The lowest BCUT2D eigenvalue weighted by Gasteiger charge is -2.19. The highest BCUT2D eigenvalue weighted by molar-refractivity contribution is 5.37. The largest absolute Gasteiger partial charge is 0.484 e. The molecule has 0 bridgehead atoms. The highest BCUT2D eigenvalue weighted by Gasteiger charge is 2.29. The van der Waals surface area contributed by atoms with E-state index in [0.717, 1.165) is 0 Å². The Hall–Kier alpha value is -1.30. The minimum Gasteiger partial charge on any atom is -0.484 e. The predicted octanol–water partition coefficient (Wildman–Crippen LogP) is 3.44. The van der Waals surface area contributed by atoms with E-state index in [1.165, 1.54) is 18.2 Å². The molecular formula is C12H15F4NO. The number of nitrogens with one attached hydrogen (secondary N) is 1. The Balaban J connectivity index is 2.93. The molecule has 0 aliphatic carbocycles. The van der Waals surface area contributed by atoms with Crippen LogP contribution in [0.1, 0.15) is 25.5 Å². The van der Waals surface area contributed by atoms with Gasteiger partial charge in [0.1, 0.15) is 11.6 Å². The van der Waals surface area contributed by atoms with Crippen molar-refractivity contribution in [1.82, 2.24) is 5.32 Å². The number of halogens is 4. The fourth-order valence-corrected chi connectivity index (χ4v) is 1.63. The van der Waals surface area contributed by atoms with Crippen molar-refractivity contribution in [3.05, 3.63) is 29.6 Å². The molecule has 0 radical (unpaired) electrons. The first kappa shape index (κ1) is 14.8. The van der Waals surface area contributed by atoms with E-state index in [9.17, 15) is 17.6 Å². The molecule has 18 heavy (non-hydrogen) atoms. The van der Waals surface area contributed by atoms with Gasteiger partial charge in [-0.25, -0.2) is 4.39 Å². The topological polar surface area (TPSA) is 21.3 Å². The standard InChI is InChI=1S/C12H15F4NO/c1-3-17-8(2)11-9(13)5-4-6-10(11)18-7-12(14,15)16/h4-6,8,17H,3,7H2,1-2H3. The van der Waals surface area contributed by atoms with Crippen LogP contribution < -0.4 is 10.1 Å². The second kappa shape index (κ2) is 6.04. The van der Waals surface area contributed by atoms with E-state index in [-0.39, 0.29) is 11.3 Å². The summed E-state index contributed by atoms with van der Waals surface area (Å²) in [6.07, 6.45) is -4.44. The quantitative estimate of drug-likeness (QED) is 0.823. The van der Waals surface area contributed by atoms with Crippen molar-refractivity contribution >= 4 is 0 Å². The number of hydrogen-bond donors (Lipinski definition) is 1. The van der Waals surface area contributed by atoms with Crippen molar-refractivity contribution in [2.45, 2.75) is 26.1 Å². The average molecular weight is 265 g/mol. The monoisotopic (exact) mass is 265 g/mol. The summed E-state index contributed by atoms with van der Waals surface area (Å²) in [5.41, 5.74) is 0.114. The molecule has 0 saturated heterocycles. The Morgan fingerprint density at radius 2 is 2.00 bits per heavy atom. The van der Waals surface area contributed by atoms with E-state index in [4.69, 9.17) is 0 Å². The molecule has 1 aromatic rings. The van der Waals surface area contributed by atoms with Crippen LogP contribution in [0, 0.1) is 5.82 Å². The Labute approximate surface area is 103 Å². The van der Waals surface area contributed by atoms with Gasteiger partial charge in [-0.2, -0.15) is 13.2 Å². The Bertz CT molecular complexity index is 392. The van der Waals surface area contributed by atoms with E-state index in [1.54, 1.807) is 6.92 Å². The third-order valence-electron chi connectivity index (χ3n) is 2.35. The lowest BCUT2D eigenvalue weighted by Crippen LogP contribution is -2.23. The van der Waals surface area contributed by atoms with E-state index >= 15 is 0 Å². The molecule has 1 rings (SSSR count). The van der Waals surface area contributed by atoms with Gasteiger partial charge in [0.2, 0.25) is 0 Å². The molecule has 0 heterocycles. The van der Waals surface area contributed by atoms with Crippen molar-refractivity contribution in [1.29, 1.82) is 0 Å². The van der Waals surface area contributed by atoms with Gasteiger partial charge in [-0.1, -0.05) is 13.0 Å². The summed E-state index contributed by atoms with van der Waals surface area (Å²) in [6.45, 7) is 2.65. The smallest absolute Gasteiger partial charge is 0.422 e. The summed E-state index contributed by atoms with van der Waals surface area (Å²) in [6, 6.07) is 3.43. The van der Waals surface area contributed by atoms with Crippen molar-refractivity contribution in [2.75, 3.05) is 13.2 Å². The third-order valence-corrected chi connectivity index (χ3v) is 2.35. The second-order valence-corrected chi connectivity index (χ2v) is 3.83. The van der Waals surface area contributed by atoms with Gasteiger partial charge < -0.3 is 10.1 Å². The van der Waals surface area contributed by atoms with Crippen LogP contribution in [0.15, 0.2) is 18.2 Å². The summed E-state index contributed by atoms with van der Waals surface area (Å²) < 4.78 is 54.6. The minimum atomic E-state index is -4.44. The van der Waals surface area contributed by atoms with Crippen LogP contribution in [0.25, 0.3) is 0 Å². The number of alkyl halides is 3. The normalized spacial score (nSPS) is 13.4. The molecule has 0 amide bonds. The molecule has 1 unspecified atom stereocenters. The molecular weight excluding hydrogens is 250 g/mol. The molecule has 0 fully saturated rings. The van der Waals surface area contributed by atoms with Gasteiger partial charge in [-0.3, -0.25) is 0 Å². The fourth-order valence-electron chi connectivity index (χ4n) is 1.63. The van der Waals surface area contributed by atoms with Crippen LogP contribution in [-0.4, -0.2) is 19.3 Å². The molecule has 0 aromatic heterocycles. The summed E-state index contributed by atoms with van der Waals surface area (Å²) in [5, 5.41) is 2.94. The molecule has 0 aliphatic rings. The van der Waals surface area contributed by atoms with Gasteiger partial charge in [-0.15, -0.1) is 0 Å². The van der Waals surface area contributed by atoms with Crippen LogP contribution in [0.2, 0.25) is 0 Å². The van der Waals surface area contributed by atoms with E-state index in [2.05, 4.69) is 10.1 Å². The minimum absolute atomic E-state index is 0.0826. The molecule has 102 valence electrons. The van der Waals surface area contributed by atoms with E-state index in [0.29, 0.717) is 6.54 Å². The lowest BCUT2D eigenvalue weighted by molar-refractivity contribution is -0.153. The molecule has 1 N–H and O–H groups in total. The number of benzene rings is 1. The highest BCUT2D eigenvalue weighted by atomic mass is 19.4. The Morgan fingerprint density at radius 1 is 1.33 bits per heavy atom. The summed E-state index contributed by atoms with van der Waals surface area (Å²) in [5.74, 6) is -0.663. The van der Waals surface area contributed by atoms with Crippen molar-refractivity contribution in [3.8, 4) is 5.75 Å². The van der Waals surface area contributed by atoms with Gasteiger partial charge in [0.15, 0.2) is 6.61 Å². The van der Waals surface area contributed by atoms with Crippen LogP contribution in [0.5, 0.6) is 5.75 Å². The molecule has 6 heteroatoms. The first-order valence-electron chi connectivity index (χ1n) is 5.56. The molecule has 2 nitrogen and oxygen atoms in total. The zero-order valence-corrected chi connectivity index (χ0v) is 10.1. The van der Waals surface area contributed by atoms with Crippen LogP contribution in [0.3, 0.4) is 0 Å². The SMILES string of the molecule is CCNC(C)c1c(F)cccc1OCC(F)(F)F. The first-order valence-corrected chi connectivity index (χ1v) is 5.56. The molecule has 0 spiro atoms. The van der Waals surface area contributed by atoms with Crippen LogP contribution in [0.4, 0.5) is 17.6 Å². The highest BCUT2D eigenvalue weighted by Crippen LogP contribution is 2.29. The zero-order chi connectivity index (χ0) is 13.8. The first-order chi connectivity index (χ1) is 8.35. The van der Waals surface area contributed by atoms with Crippen molar-refractivity contribution in [2.24, 2.45) is 0 Å². The number of rotatable bonds is 5. The molecule has 0 aliphatic heterocycles. The molecule has 1 aromatic carbocycles. The maximum Gasteiger partial charge on any atom is 0.422 e. The van der Waals surface area contributed by atoms with Gasteiger partial charge >= 0.3 is 6.18 Å². The van der Waals surface area contributed by atoms with Crippen LogP contribution in [-0.2, 0) is 0 Å². The maximum absolute atomic E-state index is 13.6. The second-order valence-electron chi connectivity index (χ2n) is 3.83. The average Bonchev–Trinajstić information content (AvgIpc) is 2.25. The van der Waals surface area contributed by atoms with Crippen molar-refractivity contribution < 1.29 is 22.3 Å². The number of ether oxygens (including phenoxy) is 1. The Kier molecular flexibility index (Phi) is 4.95. The van der Waals surface area contributed by atoms with E-state index in [1.807, 2.05) is 6.92 Å². The van der Waals surface area contributed by atoms with Crippen LogP contribution >= 0.6 is 0 Å². The zero-order valence-electron chi connectivity index (χ0n) is 10.1. The molecule has 1 atom stereocenters. The molecule has 0 saturated carbocycles. The summed E-state index contributed by atoms with van der Waals surface area (Å²) >= 11 is 0. The summed E-state index contributed by atoms with van der Waals surface area (Å²) in [7, 11) is 0. The fraction of sp³-hybridized carbons (Fsp3) is 0.500. The van der Waals surface area contributed by atoms with Gasteiger partial charge in [-0.05, 0) is 25.6 Å². The maximum atomic E-state index is 13.6. The summed E-state index contributed by atoms with van der Waals surface area (Å²) in [4.78, 5) is 0. The van der Waals surface area contributed by atoms with Gasteiger partial charge in [0.05, 0.1) is 0 Å². The third kappa shape index (κ3) is 4.18. The Morgan fingerprint density at radius 3 is 2.56 bits per heavy atom. The van der Waals surface area contributed by atoms with E-state index < -0.39 is 24.6 Å².